The highest BCUT2D eigenvalue weighted by Crippen LogP contribution is 2.49. The minimum absolute atomic E-state index is 0. The molecule has 3 aromatic rings. The first-order valence-corrected chi connectivity index (χ1v) is 10.6. The molecule has 2 unspecified atom stereocenters. The summed E-state index contributed by atoms with van der Waals surface area (Å²) in [6, 6.07) is 21.3. The van der Waals surface area contributed by atoms with Crippen molar-refractivity contribution >= 4 is 0 Å². The molecule has 5 heteroatoms. The predicted octanol–water partition coefficient (Wildman–Crippen LogP) is 1.78. The Labute approximate surface area is 194 Å². The molecule has 0 spiro atoms. The number of aromatic hydroxyl groups is 1. The van der Waals surface area contributed by atoms with Crippen molar-refractivity contribution in [3.05, 3.63) is 88.5 Å². The van der Waals surface area contributed by atoms with Crippen molar-refractivity contribution in [2.24, 2.45) is 0 Å². The quantitative estimate of drug-likeness (QED) is 0.577. The number of rotatable bonds is 4. The predicted molar refractivity (Wildman–Crippen MR) is 117 cm³/mol. The van der Waals surface area contributed by atoms with Gasteiger partial charge in [-0.05, 0) is 35.4 Å². The zero-order valence-electron chi connectivity index (χ0n) is 18.0. The van der Waals surface area contributed by atoms with E-state index in [4.69, 9.17) is 9.47 Å². The van der Waals surface area contributed by atoms with Gasteiger partial charge in [-0.2, -0.15) is 0 Å². The highest BCUT2D eigenvalue weighted by Gasteiger charge is 2.47. The van der Waals surface area contributed by atoms with Crippen LogP contribution >= 0.6 is 0 Å². The monoisotopic (exact) mass is 481 g/mol. The van der Waals surface area contributed by atoms with E-state index in [0.717, 1.165) is 48.5 Å². The Kier molecular flexibility index (Phi) is 6.00. The van der Waals surface area contributed by atoms with Gasteiger partial charge in [-0.3, -0.25) is 0 Å². The van der Waals surface area contributed by atoms with Crippen LogP contribution in [0, 0.1) is 0 Å². The van der Waals surface area contributed by atoms with E-state index in [0.29, 0.717) is 11.8 Å². The summed E-state index contributed by atoms with van der Waals surface area (Å²) >= 11 is 0. The molecule has 1 N–H and O–H groups in total. The normalized spacial score (nSPS) is 21.2. The summed E-state index contributed by atoms with van der Waals surface area (Å²) in [5, 5.41) is 10.0. The summed E-state index contributed by atoms with van der Waals surface area (Å²) in [6.07, 6.45) is 1.93. The van der Waals surface area contributed by atoms with Crippen LogP contribution < -0.4 is 26.5 Å². The highest BCUT2D eigenvalue weighted by atomic mass is 79.9. The van der Waals surface area contributed by atoms with Gasteiger partial charge >= 0.3 is 0 Å². The number of hydrogen-bond acceptors (Lipinski definition) is 3. The number of nitrogens with zero attached hydrogens (tertiary/aromatic N) is 1. The number of benzene rings is 3. The number of methoxy groups -OCH3 is 2. The molecule has 2 aliphatic rings. The third-order valence-corrected chi connectivity index (χ3v) is 6.95. The summed E-state index contributed by atoms with van der Waals surface area (Å²) in [4.78, 5) is 0. The molecule has 2 atom stereocenters. The molecule has 0 bridgehead atoms. The molecule has 0 amide bonds. The summed E-state index contributed by atoms with van der Waals surface area (Å²) < 4.78 is 12.4. The highest BCUT2D eigenvalue weighted by molar-refractivity contribution is 5.52. The van der Waals surface area contributed by atoms with Crippen LogP contribution in [0.1, 0.15) is 33.9 Å². The van der Waals surface area contributed by atoms with Gasteiger partial charge in [0.1, 0.15) is 24.9 Å². The average Bonchev–Trinajstić information content (AvgIpc) is 2.77. The van der Waals surface area contributed by atoms with E-state index in [1.807, 2.05) is 18.2 Å². The fourth-order valence-electron chi connectivity index (χ4n) is 5.53. The first-order chi connectivity index (χ1) is 14.6. The molecule has 5 rings (SSSR count). The Morgan fingerprint density at radius 3 is 2.52 bits per heavy atom. The van der Waals surface area contributed by atoms with Crippen molar-refractivity contribution < 1.29 is 36.0 Å². The molecular weight excluding hydrogens is 454 g/mol. The molecule has 0 aromatic heterocycles. The van der Waals surface area contributed by atoms with Crippen LogP contribution in [0.5, 0.6) is 17.2 Å². The second-order valence-electron chi connectivity index (χ2n) is 8.54. The van der Waals surface area contributed by atoms with Crippen LogP contribution in [0.4, 0.5) is 0 Å². The van der Waals surface area contributed by atoms with Crippen molar-refractivity contribution in [2.75, 3.05) is 20.8 Å². The lowest BCUT2D eigenvalue weighted by Crippen LogP contribution is -3.00. The molecule has 0 radical (unpaired) electrons. The summed E-state index contributed by atoms with van der Waals surface area (Å²) in [6.45, 7) is 2.93. The van der Waals surface area contributed by atoms with Crippen molar-refractivity contribution in [1.29, 1.82) is 0 Å². The fraction of sp³-hybridized carbons (Fsp3) is 0.308. The standard InChI is InChI=1S/C26H27NO3.BrH/c1-29-25-11-8-19-15-24-22-10-9-21(28)14-20(22)12-13-27(24,17-23(19)26(25)30-2)16-18-6-4-3-5-7-18;/h3-11,14,24H,12-13,15-17H2,1-2H3;1H. The topological polar surface area (TPSA) is 38.7 Å². The fourth-order valence-corrected chi connectivity index (χ4v) is 5.53. The maximum Gasteiger partial charge on any atom is 0.169 e. The van der Waals surface area contributed by atoms with Crippen LogP contribution in [0.15, 0.2) is 60.7 Å². The molecule has 162 valence electrons. The third-order valence-electron chi connectivity index (χ3n) is 6.95. The lowest BCUT2D eigenvalue weighted by atomic mass is 9.80. The lowest BCUT2D eigenvalue weighted by molar-refractivity contribution is -0.985. The number of halogens is 1. The number of quaternary nitrogens is 1. The Morgan fingerprint density at radius 2 is 1.77 bits per heavy atom. The van der Waals surface area contributed by atoms with Crippen LogP contribution in [-0.4, -0.2) is 30.4 Å². The molecular formula is C26H28BrNO3. The second kappa shape index (κ2) is 8.56. The minimum atomic E-state index is 0. The van der Waals surface area contributed by atoms with E-state index in [1.165, 1.54) is 27.8 Å². The second-order valence-corrected chi connectivity index (χ2v) is 8.54. The molecule has 2 aliphatic heterocycles. The van der Waals surface area contributed by atoms with Gasteiger partial charge in [0.05, 0.1) is 26.3 Å². The van der Waals surface area contributed by atoms with Crippen LogP contribution in [-0.2, 0) is 25.9 Å². The smallest absolute Gasteiger partial charge is 0.169 e. The summed E-state index contributed by atoms with van der Waals surface area (Å²) in [7, 11) is 3.44. The van der Waals surface area contributed by atoms with Gasteiger partial charge in [0.25, 0.3) is 0 Å². The molecule has 2 heterocycles. The summed E-state index contributed by atoms with van der Waals surface area (Å²) in [5.41, 5.74) is 6.61. The number of phenols is 1. The number of hydrogen-bond donors (Lipinski definition) is 1. The first kappa shape index (κ1) is 21.7. The molecule has 0 fully saturated rings. The molecule has 0 aliphatic carbocycles. The molecule has 31 heavy (non-hydrogen) atoms. The van der Waals surface area contributed by atoms with E-state index in [-0.39, 0.29) is 17.0 Å². The Balaban J connectivity index is 0.00000231. The lowest BCUT2D eigenvalue weighted by Gasteiger charge is -2.51. The Morgan fingerprint density at radius 1 is 0.968 bits per heavy atom. The van der Waals surface area contributed by atoms with Gasteiger partial charge in [0.2, 0.25) is 0 Å². The number of phenolic OH excluding ortho intramolecular Hbond substituents is 1. The van der Waals surface area contributed by atoms with Gasteiger partial charge in [-0.15, -0.1) is 0 Å². The van der Waals surface area contributed by atoms with Crippen molar-refractivity contribution in [3.63, 3.8) is 0 Å². The van der Waals surface area contributed by atoms with Gasteiger partial charge in [-0.1, -0.05) is 36.4 Å². The molecule has 3 aromatic carbocycles. The number of ether oxygens (including phenoxy) is 2. The number of fused-ring (bicyclic) bond motifs is 4. The molecule has 0 saturated carbocycles. The average molecular weight is 482 g/mol. The SMILES string of the molecule is COc1ccc2c(c1OC)C[N+]1(Cc3ccccc3)CCc3cc(O)ccc3C1C2.[Br-]. The van der Waals surface area contributed by atoms with Gasteiger partial charge in [0.15, 0.2) is 11.5 Å². The Bertz CT molecular complexity index is 1090. The van der Waals surface area contributed by atoms with E-state index >= 15 is 0 Å². The maximum atomic E-state index is 10.0. The minimum Gasteiger partial charge on any atom is -1.00 e. The van der Waals surface area contributed by atoms with Crippen molar-refractivity contribution in [2.45, 2.75) is 32.0 Å². The van der Waals surface area contributed by atoms with E-state index < -0.39 is 0 Å². The molecule has 4 nitrogen and oxygen atoms in total. The van der Waals surface area contributed by atoms with E-state index in [9.17, 15) is 5.11 Å². The first-order valence-electron chi connectivity index (χ1n) is 10.6. The Hall–Kier alpha value is -2.50. The zero-order valence-corrected chi connectivity index (χ0v) is 19.6. The van der Waals surface area contributed by atoms with Crippen LogP contribution in [0.3, 0.4) is 0 Å². The third kappa shape index (κ3) is 3.70. The van der Waals surface area contributed by atoms with Crippen LogP contribution in [0.2, 0.25) is 0 Å². The maximum absolute atomic E-state index is 10.0. The summed E-state index contributed by atoms with van der Waals surface area (Å²) in [5.74, 6) is 2.03. The van der Waals surface area contributed by atoms with Crippen molar-refractivity contribution in [1.82, 2.24) is 0 Å². The van der Waals surface area contributed by atoms with Crippen LogP contribution in [0.25, 0.3) is 0 Å². The van der Waals surface area contributed by atoms with Crippen molar-refractivity contribution in [3.8, 4) is 17.2 Å². The van der Waals surface area contributed by atoms with Gasteiger partial charge < -0.3 is 36.0 Å². The zero-order chi connectivity index (χ0) is 20.7. The van der Waals surface area contributed by atoms with E-state index in [1.54, 1.807) is 14.2 Å². The van der Waals surface area contributed by atoms with Gasteiger partial charge in [-0.25, -0.2) is 0 Å². The van der Waals surface area contributed by atoms with E-state index in [2.05, 4.69) is 42.5 Å². The largest absolute Gasteiger partial charge is 1.00 e. The van der Waals surface area contributed by atoms with Gasteiger partial charge in [0, 0.05) is 24.0 Å². The molecule has 0 saturated heterocycles.